The lowest BCUT2D eigenvalue weighted by Gasteiger charge is -2.27. The Kier molecular flexibility index (Phi) is 7.93. The van der Waals surface area contributed by atoms with E-state index in [9.17, 15) is 23.1 Å². The van der Waals surface area contributed by atoms with Gasteiger partial charge in [-0.2, -0.15) is 18.2 Å². The van der Waals surface area contributed by atoms with Crippen LogP contribution in [0, 0.1) is 12.8 Å². The van der Waals surface area contributed by atoms with Crippen molar-refractivity contribution in [1.82, 2.24) is 30.1 Å². The molecule has 1 fully saturated rings. The molecule has 2 atom stereocenters. The van der Waals surface area contributed by atoms with Crippen molar-refractivity contribution in [3.63, 3.8) is 0 Å². The molecule has 37 heavy (non-hydrogen) atoms. The van der Waals surface area contributed by atoms with Gasteiger partial charge in [0.25, 0.3) is 5.95 Å². The summed E-state index contributed by atoms with van der Waals surface area (Å²) < 4.78 is 49.6. The van der Waals surface area contributed by atoms with E-state index >= 15 is 0 Å². The van der Waals surface area contributed by atoms with Gasteiger partial charge in [-0.25, -0.2) is 9.67 Å². The summed E-state index contributed by atoms with van der Waals surface area (Å²) in [5, 5.41) is 24.3. The minimum atomic E-state index is -4.22. The predicted molar refractivity (Wildman–Crippen MR) is 124 cm³/mol. The van der Waals surface area contributed by atoms with Crippen LogP contribution in [-0.2, 0) is 24.8 Å². The van der Waals surface area contributed by atoms with Crippen molar-refractivity contribution in [3.8, 4) is 17.1 Å². The quantitative estimate of drug-likeness (QED) is 0.399. The first-order valence-electron chi connectivity index (χ1n) is 12.0. The van der Waals surface area contributed by atoms with Crippen molar-refractivity contribution in [3.05, 3.63) is 29.4 Å². The highest BCUT2D eigenvalue weighted by molar-refractivity contribution is 5.70. The molecule has 0 spiro atoms. The van der Waals surface area contributed by atoms with Crippen LogP contribution in [0.25, 0.3) is 11.4 Å². The number of carboxylic acids is 1. The van der Waals surface area contributed by atoms with Crippen molar-refractivity contribution in [2.24, 2.45) is 13.0 Å². The summed E-state index contributed by atoms with van der Waals surface area (Å²) in [5.41, 5.74) is 2.42. The third kappa shape index (κ3) is 6.95. The van der Waals surface area contributed by atoms with Crippen LogP contribution in [0.4, 0.5) is 19.1 Å². The Hall–Kier alpha value is -3.71. The first-order chi connectivity index (χ1) is 17.6. The van der Waals surface area contributed by atoms with E-state index in [1.807, 2.05) is 6.92 Å². The van der Waals surface area contributed by atoms with E-state index in [1.165, 1.54) is 0 Å². The average molecular weight is 524 g/mol. The molecule has 0 radical (unpaired) electrons. The fourth-order valence-corrected chi connectivity index (χ4v) is 4.27. The van der Waals surface area contributed by atoms with Gasteiger partial charge in [0.05, 0.1) is 35.6 Å². The Balaban J connectivity index is 1.39. The second-order valence-electron chi connectivity index (χ2n) is 9.06. The molecule has 14 heteroatoms. The van der Waals surface area contributed by atoms with Crippen LogP contribution in [0.2, 0.25) is 0 Å². The largest absolute Gasteiger partial charge is 0.489 e. The maximum Gasteiger partial charge on any atom is 0.389 e. The number of aliphatic carboxylic acids is 1. The summed E-state index contributed by atoms with van der Waals surface area (Å²) in [6.45, 7) is 2.03. The molecule has 0 unspecified atom stereocenters. The highest BCUT2D eigenvalue weighted by Gasteiger charge is 2.29. The predicted octanol–water partition coefficient (Wildman–Crippen LogP) is 4.09. The normalized spacial score (nSPS) is 18.1. The number of nitrogens with zero attached hydrogens (tertiary/aromatic N) is 6. The molecule has 0 saturated heterocycles. The molecule has 0 amide bonds. The Labute approximate surface area is 210 Å². The van der Waals surface area contributed by atoms with Gasteiger partial charge in [0, 0.05) is 19.9 Å². The van der Waals surface area contributed by atoms with Gasteiger partial charge in [-0.1, -0.05) is 5.21 Å². The van der Waals surface area contributed by atoms with Crippen LogP contribution in [0.3, 0.4) is 0 Å². The van der Waals surface area contributed by atoms with Crippen LogP contribution in [-0.4, -0.2) is 53.5 Å². The van der Waals surface area contributed by atoms with Crippen LogP contribution in [0.15, 0.2) is 16.7 Å². The molecule has 0 aliphatic heterocycles. The number of alkyl halides is 3. The number of carbonyl (C=O) groups is 1. The van der Waals surface area contributed by atoms with Crippen molar-refractivity contribution < 1.29 is 32.3 Å². The Morgan fingerprint density at radius 3 is 2.84 bits per heavy atom. The summed E-state index contributed by atoms with van der Waals surface area (Å²) in [4.78, 5) is 20.0. The van der Waals surface area contributed by atoms with E-state index in [2.05, 4.69) is 30.8 Å². The third-order valence-corrected chi connectivity index (χ3v) is 6.22. The number of aromatic nitrogens is 6. The molecule has 0 bridgehead atoms. The number of hydrogen-bond acceptors (Lipinski definition) is 9. The fourth-order valence-electron chi connectivity index (χ4n) is 4.27. The first kappa shape index (κ1) is 26.4. The molecule has 3 heterocycles. The molecule has 1 saturated carbocycles. The summed E-state index contributed by atoms with van der Waals surface area (Å²) in [6.07, 6.45) is -2.68. The van der Waals surface area contributed by atoms with Crippen LogP contribution in [0.5, 0.6) is 5.75 Å². The minimum Gasteiger partial charge on any atom is -0.489 e. The van der Waals surface area contributed by atoms with E-state index in [1.54, 1.807) is 23.9 Å². The second kappa shape index (κ2) is 11.1. The van der Waals surface area contributed by atoms with Gasteiger partial charge in [0.1, 0.15) is 11.4 Å². The number of aryl methyl sites for hydroxylation is 3. The first-order valence-corrected chi connectivity index (χ1v) is 12.0. The van der Waals surface area contributed by atoms with Gasteiger partial charge in [0.15, 0.2) is 0 Å². The second-order valence-corrected chi connectivity index (χ2v) is 9.06. The number of hydrogen-bond donors (Lipinski definition) is 2. The highest BCUT2D eigenvalue weighted by Crippen LogP contribution is 2.30. The van der Waals surface area contributed by atoms with Crippen molar-refractivity contribution >= 4 is 11.9 Å². The summed E-state index contributed by atoms with van der Waals surface area (Å²) in [6, 6.07) is 3.56. The zero-order chi connectivity index (χ0) is 26.6. The monoisotopic (exact) mass is 523 g/mol. The molecular formula is C23H28F3N7O4. The number of nitrogens with one attached hydrogen (secondary N) is 1. The van der Waals surface area contributed by atoms with Gasteiger partial charge >= 0.3 is 12.1 Å². The van der Waals surface area contributed by atoms with Crippen LogP contribution >= 0.6 is 0 Å². The summed E-state index contributed by atoms with van der Waals surface area (Å²) in [7, 11) is 1.72. The number of halogens is 3. The van der Waals surface area contributed by atoms with Gasteiger partial charge < -0.3 is 19.7 Å². The standard InChI is InChI=1S/C23H28F3N7O4/c1-13-18(36-15-6-3-5-14(11-15)21(34)35)9-8-16(28-13)20-17(33(2)32-30-20)12-27-22-29-19(37-31-22)7-4-10-23(24,25)26/h8-9,14-15H,3-7,10-12H2,1-2H3,(H,27,31)(H,34,35)/t14-,15-/m0/s1. The fraction of sp³-hybridized carbons (Fsp3) is 0.565. The van der Waals surface area contributed by atoms with Gasteiger partial charge in [-0.3, -0.25) is 4.79 Å². The Morgan fingerprint density at radius 1 is 1.30 bits per heavy atom. The van der Waals surface area contributed by atoms with Gasteiger partial charge in [0.2, 0.25) is 5.89 Å². The molecule has 3 aromatic rings. The van der Waals surface area contributed by atoms with Gasteiger partial charge in [-0.15, -0.1) is 5.10 Å². The third-order valence-electron chi connectivity index (χ3n) is 6.22. The smallest absolute Gasteiger partial charge is 0.389 e. The Bertz CT molecular complexity index is 1230. The highest BCUT2D eigenvalue weighted by atomic mass is 19.4. The molecule has 4 rings (SSSR count). The van der Waals surface area contributed by atoms with Crippen molar-refractivity contribution in [2.75, 3.05) is 5.32 Å². The zero-order valence-electron chi connectivity index (χ0n) is 20.5. The number of rotatable bonds is 10. The van der Waals surface area contributed by atoms with Crippen LogP contribution < -0.4 is 10.1 Å². The number of pyridine rings is 1. The lowest BCUT2D eigenvalue weighted by Crippen LogP contribution is -2.29. The number of ether oxygens (including phenoxy) is 1. The molecule has 2 N–H and O–H groups in total. The molecule has 1 aliphatic carbocycles. The number of anilines is 1. The van der Waals surface area contributed by atoms with E-state index in [-0.39, 0.29) is 37.3 Å². The van der Waals surface area contributed by atoms with E-state index in [0.29, 0.717) is 41.4 Å². The Morgan fingerprint density at radius 2 is 2.11 bits per heavy atom. The molecule has 11 nitrogen and oxygen atoms in total. The topological polar surface area (TPSA) is 141 Å². The molecule has 200 valence electrons. The summed E-state index contributed by atoms with van der Waals surface area (Å²) in [5.74, 6) is -0.324. The van der Waals surface area contributed by atoms with Crippen LogP contribution in [0.1, 0.15) is 55.8 Å². The van der Waals surface area contributed by atoms with E-state index in [4.69, 9.17) is 9.26 Å². The maximum atomic E-state index is 12.3. The lowest BCUT2D eigenvalue weighted by molar-refractivity contribution is -0.144. The SMILES string of the molecule is Cc1nc(-c2nnn(C)c2CNc2noc(CCCC(F)(F)F)n2)ccc1O[C@H]1CCC[C@H](C(=O)O)C1. The average Bonchev–Trinajstić information content (AvgIpc) is 3.44. The molecule has 0 aromatic carbocycles. The van der Waals surface area contributed by atoms with E-state index < -0.39 is 24.5 Å². The minimum absolute atomic E-state index is 0.0299. The van der Waals surface area contributed by atoms with Gasteiger partial charge in [-0.05, 0) is 56.3 Å². The van der Waals surface area contributed by atoms with Crippen molar-refractivity contribution in [1.29, 1.82) is 0 Å². The lowest BCUT2D eigenvalue weighted by atomic mass is 9.87. The van der Waals surface area contributed by atoms with Crippen molar-refractivity contribution in [2.45, 2.75) is 70.7 Å². The summed E-state index contributed by atoms with van der Waals surface area (Å²) >= 11 is 0. The maximum absolute atomic E-state index is 12.3. The number of carboxylic acid groups (broad SMARTS) is 1. The molecule has 3 aromatic heterocycles. The van der Waals surface area contributed by atoms with E-state index in [0.717, 1.165) is 12.8 Å². The molecule has 1 aliphatic rings. The molecular weight excluding hydrogens is 495 g/mol. The zero-order valence-corrected chi connectivity index (χ0v) is 20.5.